The number of carbonyl (C=O) groups is 1. The van der Waals surface area contributed by atoms with E-state index >= 15 is 0 Å². The van der Waals surface area contributed by atoms with Gasteiger partial charge in [0.2, 0.25) is 5.91 Å². The van der Waals surface area contributed by atoms with Gasteiger partial charge in [0.15, 0.2) is 0 Å². The highest BCUT2D eigenvalue weighted by atomic mass is 19.1. The number of rotatable bonds is 6. The van der Waals surface area contributed by atoms with Crippen LogP contribution in [-0.4, -0.2) is 19.0 Å². The fourth-order valence-electron chi connectivity index (χ4n) is 1.31. The van der Waals surface area contributed by atoms with Gasteiger partial charge >= 0.3 is 0 Å². The Labute approximate surface area is 99.2 Å². The first-order valence-corrected chi connectivity index (χ1v) is 5.54. The predicted molar refractivity (Wildman–Crippen MR) is 61.4 cm³/mol. The molecule has 1 aromatic carbocycles. The van der Waals surface area contributed by atoms with E-state index in [1.165, 1.54) is 0 Å². The third-order valence-electron chi connectivity index (χ3n) is 2.20. The molecule has 0 aliphatic rings. The van der Waals surface area contributed by atoms with Crippen molar-refractivity contribution < 1.29 is 13.6 Å². The molecule has 0 atom stereocenters. The maximum Gasteiger partial charge on any atom is 0.234 e. The van der Waals surface area contributed by atoms with E-state index in [9.17, 15) is 13.6 Å². The van der Waals surface area contributed by atoms with Crippen LogP contribution in [0.5, 0.6) is 0 Å². The summed E-state index contributed by atoms with van der Waals surface area (Å²) in [5.74, 6) is -1.27. The fourth-order valence-corrected chi connectivity index (χ4v) is 1.31. The van der Waals surface area contributed by atoms with Crippen LogP contribution >= 0.6 is 0 Å². The number of carbonyl (C=O) groups excluding carboxylic acids is 1. The maximum absolute atomic E-state index is 13.2. The van der Waals surface area contributed by atoms with Crippen molar-refractivity contribution in [3.8, 4) is 0 Å². The summed E-state index contributed by atoms with van der Waals surface area (Å²) in [5, 5.41) is 5.44. The fraction of sp³-hybridized carbons (Fsp3) is 0.417. The Hall–Kier alpha value is -1.49. The molecular weight excluding hydrogens is 226 g/mol. The summed E-state index contributed by atoms with van der Waals surface area (Å²) < 4.78 is 26.0. The van der Waals surface area contributed by atoms with E-state index in [1.807, 2.05) is 6.92 Å². The Morgan fingerprint density at radius 3 is 2.82 bits per heavy atom. The molecule has 3 nitrogen and oxygen atoms in total. The number of benzene rings is 1. The molecule has 0 saturated heterocycles. The van der Waals surface area contributed by atoms with Crippen LogP contribution in [0.4, 0.5) is 8.78 Å². The zero-order valence-electron chi connectivity index (χ0n) is 9.72. The van der Waals surface area contributed by atoms with Gasteiger partial charge in [-0.25, -0.2) is 8.78 Å². The summed E-state index contributed by atoms with van der Waals surface area (Å²) >= 11 is 0. The van der Waals surface area contributed by atoms with Gasteiger partial charge in [-0.15, -0.1) is 0 Å². The standard InChI is InChI=1S/C12H16F2N2O/c1-2-5-15-8-12(17)16-7-9-6-10(13)3-4-11(9)14/h3-4,6,15H,2,5,7-8H2,1H3,(H,16,17). The lowest BCUT2D eigenvalue weighted by molar-refractivity contribution is -0.120. The number of halogens is 2. The van der Waals surface area contributed by atoms with Gasteiger partial charge in [0.05, 0.1) is 6.54 Å². The van der Waals surface area contributed by atoms with Crippen molar-refractivity contribution in [3.05, 3.63) is 35.4 Å². The van der Waals surface area contributed by atoms with Crippen LogP contribution in [0, 0.1) is 11.6 Å². The Morgan fingerprint density at radius 2 is 2.12 bits per heavy atom. The highest BCUT2D eigenvalue weighted by Gasteiger charge is 2.05. The first kappa shape index (κ1) is 13.6. The Bertz CT molecular complexity index is 383. The molecule has 1 aromatic rings. The van der Waals surface area contributed by atoms with Gasteiger partial charge in [-0.1, -0.05) is 6.92 Å². The molecule has 0 fully saturated rings. The minimum Gasteiger partial charge on any atom is -0.351 e. The van der Waals surface area contributed by atoms with Crippen LogP contribution in [-0.2, 0) is 11.3 Å². The molecule has 0 saturated carbocycles. The maximum atomic E-state index is 13.2. The predicted octanol–water partition coefficient (Wildman–Crippen LogP) is 1.58. The highest BCUT2D eigenvalue weighted by molar-refractivity contribution is 5.77. The van der Waals surface area contributed by atoms with Crippen molar-refractivity contribution in [3.63, 3.8) is 0 Å². The molecule has 0 bridgehead atoms. The Morgan fingerprint density at radius 1 is 1.35 bits per heavy atom. The Kier molecular flexibility index (Phi) is 5.56. The van der Waals surface area contributed by atoms with Gasteiger partial charge < -0.3 is 10.6 Å². The number of amides is 1. The molecule has 0 heterocycles. The minimum atomic E-state index is -0.520. The summed E-state index contributed by atoms with van der Waals surface area (Å²) in [7, 11) is 0. The van der Waals surface area contributed by atoms with E-state index in [4.69, 9.17) is 0 Å². The van der Waals surface area contributed by atoms with E-state index in [0.29, 0.717) is 0 Å². The SMILES string of the molecule is CCCNCC(=O)NCc1cc(F)ccc1F. The number of hydrogen-bond donors (Lipinski definition) is 2. The van der Waals surface area contributed by atoms with Crippen molar-refractivity contribution >= 4 is 5.91 Å². The molecule has 0 unspecified atom stereocenters. The molecule has 17 heavy (non-hydrogen) atoms. The number of hydrogen-bond acceptors (Lipinski definition) is 2. The Balaban J connectivity index is 2.39. The first-order chi connectivity index (χ1) is 8.13. The average molecular weight is 242 g/mol. The molecule has 2 N–H and O–H groups in total. The number of nitrogens with one attached hydrogen (secondary N) is 2. The second kappa shape index (κ2) is 6.96. The lowest BCUT2D eigenvalue weighted by Crippen LogP contribution is -2.33. The van der Waals surface area contributed by atoms with Gasteiger partial charge in [-0.3, -0.25) is 4.79 Å². The van der Waals surface area contributed by atoms with Gasteiger partial charge in [-0.2, -0.15) is 0 Å². The first-order valence-electron chi connectivity index (χ1n) is 5.54. The smallest absolute Gasteiger partial charge is 0.234 e. The molecule has 0 spiro atoms. The zero-order chi connectivity index (χ0) is 12.7. The van der Waals surface area contributed by atoms with E-state index in [2.05, 4.69) is 10.6 Å². The molecule has 1 amide bonds. The average Bonchev–Trinajstić information content (AvgIpc) is 2.31. The zero-order valence-corrected chi connectivity index (χ0v) is 9.72. The lowest BCUT2D eigenvalue weighted by Gasteiger charge is -2.07. The molecule has 0 aliphatic carbocycles. The van der Waals surface area contributed by atoms with E-state index in [1.54, 1.807) is 0 Å². The van der Waals surface area contributed by atoms with Crippen molar-refractivity contribution in [1.29, 1.82) is 0 Å². The lowest BCUT2D eigenvalue weighted by atomic mass is 10.2. The highest BCUT2D eigenvalue weighted by Crippen LogP contribution is 2.08. The summed E-state index contributed by atoms with van der Waals surface area (Å²) in [5.41, 5.74) is 0.147. The van der Waals surface area contributed by atoms with E-state index < -0.39 is 11.6 Å². The third kappa shape index (κ3) is 4.91. The van der Waals surface area contributed by atoms with Crippen molar-refractivity contribution in [1.82, 2.24) is 10.6 Å². The van der Waals surface area contributed by atoms with E-state index in [-0.39, 0.29) is 24.6 Å². The van der Waals surface area contributed by atoms with Crippen LogP contribution in [0.2, 0.25) is 0 Å². The van der Waals surface area contributed by atoms with Crippen LogP contribution in [0.1, 0.15) is 18.9 Å². The third-order valence-corrected chi connectivity index (χ3v) is 2.20. The molecule has 0 radical (unpaired) electrons. The topological polar surface area (TPSA) is 41.1 Å². The van der Waals surface area contributed by atoms with Gasteiger partial charge in [0.25, 0.3) is 0 Å². The van der Waals surface area contributed by atoms with Gasteiger partial charge in [-0.05, 0) is 31.2 Å². The summed E-state index contributed by atoms with van der Waals surface area (Å²) in [6, 6.07) is 3.17. The summed E-state index contributed by atoms with van der Waals surface area (Å²) in [6.07, 6.45) is 0.936. The molecular formula is C12H16F2N2O. The van der Waals surface area contributed by atoms with Crippen molar-refractivity contribution in [2.45, 2.75) is 19.9 Å². The molecule has 5 heteroatoms. The molecule has 94 valence electrons. The quantitative estimate of drug-likeness (QED) is 0.744. The van der Waals surface area contributed by atoms with Crippen LogP contribution in [0.25, 0.3) is 0 Å². The monoisotopic (exact) mass is 242 g/mol. The van der Waals surface area contributed by atoms with Crippen LogP contribution in [0.15, 0.2) is 18.2 Å². The van der Waals surface area contributed by atoms with Gasteiger partial charge in [0.1, 0.15) is 11.6 Å². The van der Waals surface area contributed by atoms with Crippen LogP contribution in [0.3, 0.4) is 0 Å². The molecule has 1 rings (SSSR count). The van der Waals surface area contributed by atoms with Crippen molar-refractivity contribution in [2.24, 2.45) is 0 Å². The second-order valence-electron chi connectivity index (χ2n) is 3.69. The molecule has 0 aliphatic heterocycles. The van der Waals surface area contributed by atoms with Crippen molar-refractivity contribution in [2.75, 3.05) is 13.1 Å². The normalized spacial score (nSPS) is 10.3. The largest absolute Gasteiger partial charge is 0.351 e. The van der Waals surface area contributed by atoms with Gasteiger partial charge in [0, 0.05) is 12.1 Å². The summed E-state index contributed by atoms with van der Waals surface area (Å²) in [6.45, 7) is 2.93. The van der Waals surface area contributed by atoms with E-state index in [0.717, 1.165) is 31.2 Å². The minimum absolute atomic E-state index is 0.00374. The van der Waals surface area contributed by atoms with Crippen LogP contribution < -0.4 is 10.6 Å². The summed E-state index contributed by atoms with van der Waals surface area (Å²) in [4.78, 5) is 11.3. The second-order valence-corrected chi connectivity index (χ2v) is 3.69. The molecule has 0 aromatic heterocycles.